The summed E-state index contributed by atoms with van der Waals surface area (Å²) < 4.78 is 11.2. The number of hydrogen-bond donors (Lipinski definition) is 2. The van der Waals surface area contributed by atoms with Crippen molar-refractivity contribution in [2.45, 2.75) is 12.8 Å². The van der Waals surface area contributed by atoms with E-state index in [4.69, 9.17) is 21.1 Å². The Morgan fingerprint density at radius 1 is 1.26 bits per heavy atom. The van der Waals surface area contributed by atoms with Crippen LogP contribution >= 0.6 is 39.3 Å². The highest BCUT2D eigenvalue weighted by molar-refractivity contribution is 9.10. The largest absolute Gasteiger partial charge is 0.492 e. The second-order valence-corrected chi connectivity index (χ2v) is 9.60. The van der Waals surface area contributed by atoms with E-state index in [-0.39, 0.29) is 27.3 Å². The van der Waals surface area contributed by atoms with Crippen molar-refractivity contribution in [1.29, 1.82) is 5.26 Å². The summed E-state index contributed by atoms with van der Waals surface area (Å²) in [6, 6.07) is 14.0. The Morgan fingerprint density at radius 2 is 1.97 bits per heavy atom. The number of hydrogen-bond acceptors (Lipinski definition) is 7. The number of carbonyl (C=O) groups excluding carboxylic acids is 3. The van der Waals surface area contributed by atoms with Crippen LogP contribution in [0.4, 0.5) is 5.69 Å². The molecule has 2 N–H and O–H groups in total. The number of esters is 1. The van der Waals surface area contributed by atoms with E-state index < -0.39 is 23.7 Å². The molecular weight excluding hydrogens is 558 g/mol. The van der Waals surface area contributed by atoms with Gasteiger partial charge in [-0.3, -0.25) is 14.4 Å². The lowest BCUT2D eigenvalue weighted by Crippen LogP contribution is -2.44. The maximum absolute atomic E-state index is 12.9. The first kappa shape index (κ1) is 26.6. The third-order valence-corrected chi connectivity index (χ3v) is 6.92. The fraction of sp³-hybridized carbons (Fsp3) is 0.250. The van der Waals surface area contributed by atoms with Crippen molar-refractivity contribution in [2.24, 2.45) is 5.92 Å². The van der Waals surface area contributed by atoms with Crippen molar-refractivity contribution < 1.29 is 23.9 Å². The third-order valence-electron chi connectivity index (χ3n) is 5.07. The van der Waals surface area contributed by atoms with E-state index in [0.29, 0.717) is 23.6 Å². The molecule has 3 rings (SSSR count). The van der Waals surface area contributed by atoms with E-state index in [0.717, 1.165) is 16.2 Å². The van der Waals surface area contributed by atoms with Gasteiger partial charge in [0.05, 0.1) is 41.2 Å². The number of amides is 2. The van der Waals surface area contributed by atoms with Crippen LogP contribution < -0.4 is 15.4 Å². The number of anilines is 1. The zero-order valence-corrected chi connectivity index (χ0v) is 21.9. The number of carbonyl (C=O) groups is 3. The van der Waals surface area contributed by atoms with Crippen molar-refractivity contribution in [3.05, 3.63) is 68.1 Å². The smallest absolute Gasteiger partial charge is 0.319 e. The van der Waals surface area contributed by atoms with Crippen LogP contribution in [0.3, 0.4) is 0 Å². The summed E-state index contributed by atoms with van der Waals surface area (Å²) in [7, 11) is 1.17. The average Bonchev–Trinajstić information content (AvgIpc) is 2.84. The number of thioether (sulfide) groups is 1. The Labute approximate surface area is 220 Å². The molecule has 8 nitrogen and oxygen atoms in total. The Morgan fingerprint density at radius 3 is 2.57 bits per heavy atom. The number of halogens is 2. The summed E-state index contributed by atoms with van der Waals surface area (Å²) >= 11 is 10.7. The normalized spacial score (nSPS) is 17.3. The summed E-state index contributed by atoms with van der Waals surface area (Å²) in [5, 5.41) is 15.8. The molecular formula is C24H21BrClN3O5S. The van der Waals surface area contributed by atoms with Crippen molar-refractivity contribution in [3.63, 3.8) is 0 Å². The van der Waals surface area contributed by atoms with Crippen molar-refractivity contribution in [3.8, 4) is 11.8 Å². The third kappa shape index (κ3) is 6.36. The van der Waals surface area contributed by atoms with Gasteiger partial charge in [-0.2, -0.15) is 5.26 Å². The van der Waals surface area contributed by atoms with Crippen LogP contribution in [0.2, 0.25) is 5.02 Å². The highest BCUT2D eigenvalue weighted by Crippen LogP contribution is 2.42. The van der Waals surface area contributed by atoms with Gasteiger partial charge in [-0.25, -0.2) is 0 Å². The number of nitrogens with one attached hydrogen (secondary N) is 2. The van der Waals surface area contributed by atoms with Gasteiger partial charge in [0.2, 0.25) is 11.8 Å². The molecule has 1 heterocycles. The minimum absolute atomic E-state index is 0.0729. The second-order valence-electron chi connectivity index (χ2n) is 7.29. The molecule has 0 unspecified atom stereocenters. The molecule has 2 aromatic carbocycles. The van der Waals surface area contributed by atoms with E-state index in [1.165, 1.54) is 7.11 Å². The zero-order valence-electron chi connectivity index (χ0n) is 18.8. The van der Waals surface area contributed by atoms with E-state index in [2.05, 4.69) is 32.6 Å². The van der Waals surface area contributed by atoms with E-state index >= 15 is 0 Å². The first-order valence-corrected chi connectivity index (χ1v) is 12.6. The van der Waals surface area contributed by atoms with Crippen LogP contribution in [0.15, 0.2) is 57.5 Å². The van der Waals surface area contributed by atoms with Crippen molar-refractivity contribution >= 4 is 62.8 Å². The van der Waals surface area contributed by atoms with Gasteiger partial charge in [0.1, 0.15) is 11.7 Å². The predicted octanol–water partition coefficient (Wildman–Crippen LogP) is 4.61. The molecule has 0 saturated heterocycles. The fourth-order valence-electron chi connectivity index (χ4n) is 3.53. The van der Waals surface area contributed by atoms with Gasteiger partial charge in [0.15, 0.2) is 0 Å². The lowest BCUT2D eigenvalue weighted by molar-refractivity contribution is -0.150. The summed E-state index contributed by atoms with van der Waals surface area (Å²) in [4.78, 5) is 37.9. The van der Waals surface area contributed by atoms with Gasteiger partial charge >= 0.3 is 5.97 Å². The van der Waals surface area contributed by atoms with Gasteiger partial charge in [-0.15, -0.1) is 0 Å². The van der Waals surface area contributed by atoms with Gasteiger partial charge in [-0.1, -0.05) is 45.4 Å². The van der Waals surface area contributed by atoms with Gasteiger partial charge in [-0.05, 0) is 48.9 Å². The molecule has 2 amide bonds. The molecule has 2 atom stereocenters. The molecule has 2 aromatic rings. The molecule has 35 heavy (non-hydrogen) atoms. The fourth-order valence-corrected chi connectivity index (χ4v) is 4.89. The van der Waals surface area contributed by atoms with E-state index in [1.807, 2.05) is 6.92 Å². The monoisotopic (exact) mass is 577 g/mol. The first-order chi connectivity index (χ1) is 16.8. The summed E-state index contributed by atoms with van der Waals surface area (Å²) in [5.41, 5.74) is 1.20. The number of nitriles is 1. The molecule has 0 aromatic heterocycles. The molecule has 11 heteroatoms. The van der Waals surface area contributed by atoms with E-state index in [1.54, 1.807) is 42.5 Å². The number of nitrogens with zero attached hydrogens (tertiary/aromatic N) is 1. The first-order valence-electron chi connectivity index (χ1n) is 10.4. The quantitative estimate of drug-likeness (QED) is 0.347. The number of benzene rings is 2. The Hall–Kier alpha value is -3.00. The Bertz CT molecular complexity index is 1210. The Kier molecular flexibility index (Phi) is 9.20. The van der Waals surface area contributed by atoms with Crippen LogP contribution in [0, 0.1) is 17.2 Å². The van der Waals surface area contributed by atoms with Crippen LogP contribution in [-0.2, 0) is 19.1 Å². The van der Waals surface area contributed by atoms with Gasteiger partial charge in [0, 0.05) is 16.1 Å². The number of methoxy groups -OCH3 is 1. The standard InChI is InChI=1S/C24H21BrClN3O5S/c1-3-34-18-9-4-13(10-17(18)26)20-16(11-27)23(29-22(31)21(20)24(32)33-2)35-12-19(30)28-15-7-5-14(25)6-8-15/h4-10,20-21H,3,12H2,1-2H3,(H,28,30)(H,29,31)/t20-,21-/m0/s1. The molecule has 0 radical (unpaired) electrons. The topological polar surface area (TPSA) is 118 Å². The van der Waals surface area contributed by atoms with Crippen LogP contribution in [0.25, 0.3) is 0 Å². The maximum atomic E-state index is 12.9. The second kappa shape index (κ2) is 12.1. The highest BCUT2D eigenvalue weighted by Gasteiger charge is 2.44. The molecule has 182 valence electrons. The van der Waals surface area contributed by atoms with Crippen molar-refractivity contribution in [2.75, 3.05) is 24.8 Å². The molecule has 1 aliphatic heterocycles. The highest BCUT2D eigenvalue weighted by atomic mass is 79.9. The van der Waals surface area contributed by atoms with Crippen LogP contribution in [0.1, 0.15) is 18.4 Å². The summed E-state index contributed by atoms with van der Waals surface area (Å²) in [6.07, 6.45) is 0. The van der Waals surface area contributed by atoms with Crippen molar-refractivity contribution in [1.82, 2.24) is 5.32 Å². The van der Waals surface area contributed by atoms with Gasteiger partial charge < -0.3 is 20.1 Å². The maximum Gasteiger partial charge on any atom is 0.319 e. The predicted molar refractivity (Wildman–Crippen MR) is 137 cm³/mol. The zero-order chi connectivity index (χ0) is 25.5. The minimum Gasteiger partial charge on any atom is -0.492 e. The Balaban J connectivity index is 1.92. The molecule has 0 spiro atoms. The van der Waals surface area contributed by atoms with E-state index in [9.17, 15) is 19.6 Å². The van der Waals surface area contributed by atoms with Crippen LogP contribution in [-0.4, -0.2) is 37.3 Å². The average molecular weight is 579 g/mol. The number of allylic oxidation sites excluding steroid dienone is 1. The molecule has 1 aliphatic rings. The SMILES string of the molecule is CCOc1ccc([C@H]2C(C#N)=C(SCC(=O)Nc3ccc(Br)cc3)NC(=O)[C@H]2C(=O)OC)cc1Cl. The lowest BCUT2D eigenvalue weighted by atomic mass is 9.78. The summed E-state index contributed by atoms with van der Waals surface area (Å²) in [5.74, 6) is -3.64. The molecule has 0 fully saturated rings. The van der Waals surface area contributed by atoms with Gasteiger partial charge in [0.25, 0.3) is 0 Å². The molecule has 0 bridgehead atoms. The summed E-state index contributed by atoms with van der Waals surface area (Å²) in [6.45, 7) is 2.22. The lowest BCUT2D eigenvalue weighted by Gasteiger charge is -2.31. The molecule has 0 aliphatic carbocycles. The number of rotatable bonds is 8. The number of ether oxygens (including phenoxy) is 2. The van der Waals surface area contributed by atoms with Crippen LogP contribution in [0.5, 0.6) is 5.75 Å². The minimum atomic E-state index is -1.30. The molecule has 0 saturated carbocycles.